The number of aromatic nitrogens is 2. The zero-order chi connectivity index (χ0) is 19.2. The Hall–Kier alpha value is -3.11. The van der Waals surface area contributed by atoms with Crippen molar-refractivity contribution in [1.82, 2.24) is 9.97 Å². The first kappa shape index (κ1) is 18.3. The average Bonchev–Trinajstić information content (AvgIpc) is 2.74. The van der Waals surface area contributed by atoms with Crippen molar-refractivity contribution in [2.45, 2.75) is 13.0 Å². The highest BCUT2D eigenvalue weighted by Crippen LogP contribution is 2.25. The van der Waals surface area contributed by atoms with Gasteiger partial charge < -0.3 is 10.1 Å². The van der Waals surface area contributed by atoms with Crippen molar-refractivity contribution in [1.29, 1.82) is 0 Å². The highest BCUT2D eigenvalue weighted by atomic mass is 35.5. The molecule has 0 saturated carbocycles. The zero-order valence-electron chi connectivity index (χ0n) is 15.3. The lowest BCUT2D eigenvalue weighted by molar-refractivity contribution is 0.306. The highest BCUT2D eigenvalue weighted by molar-refractivity contribution is 6.30. The van der Waals surface area contributed by atoms with Crippen LogP contribution in [-0.4, -0.2) is 16.5 Å². The first-order chi connectivity index (χ1) is 13.8. The molecule has 0 saturated heterocycles. The van der Waals surface area contributed by atoms with Crippen LogP contribution in [0.3, 0.4) is 0 Å². The summed E-state index contributed by atoms with van der Waals surface area (Å²) < 4.78 is 5.94. The lowest BCUT2D eigenvalue weighted by Gasteiger charge is -2.11. The number of halogens is 1. The van der Waals surface area contributed by atoms with Gasteiger partial charge >= 0.3 is 0 Å². The maximum Gasteiger partial charge on any atom is 0.137 e. The number of fused-ring (bicyclic) bond motifs is 1. The third-order valence-electron chi connectivity index (χ3n) is 4.47. The van der Waals surface area contributed by atoms with Crippen LogP contribution in [0.4, 0.5) is 5.82 Å². The lowest BCUT2D eigenvalue weighted by Crippen LogP contribution is -2.07. The van der Waals surface area contributed by atoms with E-state index in [0.717, 1.165) is 46.0 Å². The van der Waals surface area contributed by atoms with Gasteiger partial charge in [-0.1, -0.05) is 54.1 Å². The Bertz CT molecular complexity index is 1050. The number of benzene rings is 3. The number of rotatable bonds is 7. The van der Waals surface area contributed by atoms with Gasteiger partial charge in [0, 0.05) is 17.0 Å². The van der Waals surface area contributed by atoms with Gasteiger partial charge in [0.05, 0.1) is 5.52 Å². The third-order valence-corrected chi connectivity index (χ3v) is 4.73. The van der Waals surface area contributed by atoms with Gasteiger partial charge in [-0.25, -0.2) is 9.97 Å². The topological polar surface area (TPSA) is 47.0 Å². The van der Waals surface area contributed by atoms with E-state index in [1.54, 1.807) is 6.33 Å². The predicted molar refractivity (Wildman–Crippen MR) is 114 cm³/mol. The maximum absolute atomic E-state index is 5.94. The Kier molecular flexibility index (Phi) is 5.69. The Labute approximate surface area is 169 Å². The molecule has 0 aliphatic carbocycles. The van der Waals surface area contributed by atoms with Crippen LogP contribution in [0.1, 0.15) is 11.1 Å². The van der Waals surface area contributed by atoms with Crippen molar-refractivity contribution in [2.75, 3.05) is 11.9 Å². The highest BCUT2D eigenvalue weighted by Gasteiger charge is 2.06. The average molecular weight is 390 g/mol. The molecule has 1 heterocycles. The second kappa shape index (κ2) is 8.72. The fraction of sp³-hybridized carbons (Fsp3) is 0.130. The van der Waals surface area contributed by atoms with Gasteiger partial charge in [0.2, 0.25) is 0 Å². The molecule has 0 atom stereocenters. The fourth-order valence-corrected chi connectivity index (χ4v) is 3.11. The molecule has 0 aliphatic heterocycles. The van der Waals surface area contributed by atoms with Gasteiger partial charge in [-0.2, -0.15) is 0 Å². The van der Waals surface area contributed by atoms with Crippen molar-refractivity contribution in [2.24, 2.45) is 0 Å². The molecule has 1 aromatic heterocycles. The fourth-order valence-electron chi connectivity index (χ4n) is 2.98. The van der Waals surface area contributed by atoms with Crippen LogP contribution in [0.15, 0.2) is 79.1 Å². The standard InChI is InChI=1S/C23H20ClN3O/c24-19-8-6-17(7-9-19)12-13-25-23-21-14-20(10-11-22(21)26-16-27-23)28-15-18-4-2-1-3-5-18/h1-11,14,16H,12-13,15H2,(H,25,26,27). The van der Waals surface area contributed by atoms with Crippen molar-refractivity contribution in [3.63, 3.8) is 0 Å². The van der Waals surface area contributed by atoms with E-state index in [9.17, 15) is 0 Å². The minimum absolute atomic E-state index is 0.527. The van der Waals surface area contributed by atoms with E-state index in [2.05, 4.69) is 15.3 Å². The van der Waals surface area contributed by atoms with Crippen LogP contribution in [0, 0.1) is 0 Å². The SMILES string of the molecule is Clc1ccc(CCNc2ncnc3ccc(OCc4ccccc4)cc23)cc1. The van der Waals surface area contributed by atoms with Crippen molar-refractivity contribution < 1.29 is 4.74 Å². The summed E-state index contributed by atoms with van der Waals surface area (Å²) in [5, 5.41) is 5.11. The molecule has 3 aromatic carbocycles. The second-order valence-electron chi connectivity index (χ2n) is 6.48. The first-order valence-corrected chi connectivity index (χ1v) is 9.55. The summed E-state index contributed by atoms with van der Waals surface area (Å²) in [6.07, 6.45) is 2.46. The van der Waals surface area contributed by atoms with Gasteiger partial charge in [0.25, 0.3) is 0 Å². The van der Waals surface area contributed by atoms with Crippen molar-refractivity contribution in [3.8, 4) is 5.75 Å². The summed E-state index contributed by atoms with van der Waals surface area (Å²) in [5.41, 5.74) is 3.24. The molecule has 140 valence electrons. The molecule has 5 heteroatoms. The van der Waals surface area contributed by atoms with Crippen LogP contribution in [-0.2, 0) is 13.0 Å². The van der Waals surface area contributed by atoms with Crippen LogP contribution < -0.4 is 10.1 Å². The van der Waals surface area contributed by atoms with Crippen LogP contribution in [0.5, 0.6) is 5.75 Å². The van der Waals surface area contributed by atoms with E-state index < -0.39 is 0 Å². The maximum atomic E-state index is 5.94. The number of ether oxygens (including phenoxy) is 1. The van der Waals surface area contributed by atoms with Crippen molar-refractivity contribution >= 4 is 28.3 Å². The van der Waals surface area contributed by atoms with E-state index in [-0.39, 0.29) is 0 Å². The molecule has 0 radical (unpaired) electrons. The van der Waals surface area contributed by atoms with Gasteiger partial charge in [-0.05, 0) is 47.9 Å². The Morgan fingerprint density at radius 2 is 1.68 bits per heavy atom. The Morgan fingerprint density at radius 1 is 0.857 bits per heavy atom. The normalized spacial score (nSPS) is 10.8. The number of nitrogens with zero attached hydrogens (tertiary/aromatic N) is 2. The third kappa shape index (κ3) is 4.59. The molecule has 4 aromatic rings. The minimum Gasteiger partial charge on any atom is -0.489 e. The summed E-state index contributed by atoms with van der Waals surface area (Å²) in [7, 11) is 0. The van der Waals surface area contributed by atoms with Crippen molar-refractivity contribution in [3.05, 3.63) is 95.3 Å². The van der Waals surface area contributed by atoms with Gasteiger partial charge in [0.15, 0.2) is 0 Å². The van der Waals surface area contributed by atoms with Crippen LogP contribution in [0.25, 0.3) is 10.9 Å². The lowest BCUT2D eigenvalue weighted by atomic mass is 10.1. The monoisotopic (exact) mass is 389 g/mol. The zero-order valence-corrected chi connectivity index (χ0v) is 16.1. The quantitative estimate of drug-likeness (QED) is 0.452. The van der Waals surface area contributed by atoms with E-state index in [1.165, 1.54) is 5.56 Å². The molecule has 0 aliphatic rings. The van der Waals surface area contributed by atoms with E-state index in [1.807, 2.05) is 72.8 Å². The number of hydrogen-bond donors (Lipinski definition) is 1. The summed E-state index contributed by atoms with van der Waals surface area (Å²) in [4.78, 5) is 8.77. The van der Waals surface area contributed by atoms with E-state index >= 15 is 0 Å². The Morgan fingerprint density at radius 3 is 2.50 bits per heavy atom. The smallest absolute Gasteiger partial charge is 0.137 e. The molecule has 0 amide bonds. The molecule has 4 nitrogen and oxygen atoms in total. The van der Waals surface area contributed by atoms with E-state index in [4.69, 9.17) is 16.3 Å². The summed E-state index contributed by atoms with van der Waals surface area (Å²) in [5.74, 6) is 1.61. The molecular formula is C23H20ClN3O. The first-order valence-electron chi connectivity index (χ1n) is 9.18. The molecular weight excluding hydrogens is 370 g/mol. The summed E-state index contributed by atoms with van der Waals surface area (Å²) in [6, 6.07) is 23.9. The molecule has 0 fully saturated rings. The number of nitrogens with one attached hydrogen (secondary N) is 1. The van der Waals surface area contributed by atoms with Crippen LogP contribution in [0.2, 0.25) is 5.02 Å². The number of anilines is 1. The molecule has 1 N–H and O–H groups in total. The van der Waals surface area contributed by atoms with Gasteiger partial charge in [-0.15, -0.1) is 0 Å². The van der Waals surface area contributed by atoms with E-state index in [0.29, 0.717) is 6.61 Å². The largest absolute Gasteiger partial charge is 0.489 e. The predicted octanol–water partition coefficient (Wildman–Crippen LogP) is 5.52. The summed E-state index contributed by atoms with van der Waals surface area (Å²) >= 11 is 5.94. The molecule has 28 heavy (non-hydrogen) atoms. The van der Waals surface area contributed by atoms with Crippen LogP contribution >= 0.6 is 11.6 Å². The van der Waals surface area contributed by atoms with Gasteiger partial charge in [-0.3, -0.25) is 0 Å². The molecule has 0 unspecified atom stereocenters. The second-order valence-corrected chi connectivity index (χ2v) is 6.92. The number of hydrogen-bond acceptors (Lipinski definition) is 4. The molecule has 0 bridgehead atoms. The van der Waals surface area contributed by atoms with Gasteiger partial charge in [0.1, 0.15) is 24.5 Å². The summed E-state index contributed by atoms with van der Waals surface area (Å²) in [6.45, 7) is 1.29. The minimum atomic E-state index is 0.527. The molecule has 4 rings (SSSR count). The Balaban J connectivity index is 1.45. The molecule has 0 spiro atoms.